The van der Waals surface area contributed by atoms with Crippen LogP contribution in [0.2, 0.25) is 0 Å². The highest BCUT2D eigenvalue weighted by molar-refractivity contribution is 6.22. The van der Waals surface area contributed by atoms with Gasteiger partial charge in [-0.2, -0.15) is 0 Å². The lowest BCUT2D eigenvalue weighted by Gasteiger charge is -2.25. The monoisotopic (exact) mass is 437 g/mol. The number of fused-ring (bicyclic) bond motifs is 2. The summed E-state index contributed by atoms with van der Waals surface area (Å²) in [4.78, 5) is 43.7. The third-order valence-corrected chi connectivity index (χ3v) is 6.04. The first-order valence-electron chi connectivity index (χ1n) is 11.0. The normalized spacial score (nSPS) is 13.9. The molecule has 0 bridgehead atoms. The summed E-state index contributed by atoms with van der Waals surface area (Å²) in [6.07, 6.45) is 2.80. The van der Waals surface area contributed by atoms with E-state index in [1.54, 1.807) is 24.3 Å². The van der Waals surface area contributed by atoms with E-state index in [-0.39, 0.29) is 12.3 Å². The first-order chi connectivity index (χ1) is 16.1. The molecule has 0 saturated carbocycles. The molecular formula is C27H23N3O3. The highest BCUT2D eigenvalue weighted by Crippen LogP contribution is 2.26. The van der Waals surface area contributed by atoms with Crippen molar-refractivity contribution in [3.63, 3.8) is 0 Å². The van der Waals surface area contributed by atoms with Crippen molar-refractivity contribution in [3.8, 4) is 0 Å². The number of nitrogens with zero attached hydrogens (tertiary/aromatic N) is 1. The molecule has 3 amide bonds. The van der Waals surface area contributed by atoms with Crippen LogP contribution >= 0.6 is 0 Å². The first kappa shape index (κ1) is 20.7. The van der Waals surface area contributed by atoms with E-state index in [0.717, 1.165) is 26.9 Å². The molecule has 2 heterocycles. The molecule has 1 aliphatic heterocycles. The summed E-state index contributed by atoms with van der Waals surface area (Å²) >= 11 is 0. The molecule has 2 N–H and O–H groups in total. The molecule has 6 nitrogen and oxygen atoms in total. The van der Waals surface area contributed by atoms with Crippen molar-refractivity contribution in [2.75, 3.05) is 6.54 Å². The Kier molecular flexibility index (Phi) is 5.48. The van der Waals surface area contributed by atoms with Crippen LogP contribution in [0, 0.1) is 0 Å². The van der Waals surface area contributed by atoms with Crippen LogP contribution in [0.5, 0.6) is 0 Å². The molecule has 164 valence electrons. The fourth-order valence-electron chi connectivity index (χ4n) is 4.34. The fourth-order valence-corrected chi connectivity index (χ4v) is 4.34. The molecule has 1 atom stereocenters. The molecule has 6 heteroatoms. The van der Waals surface area contributed by atoms with Gasteiger partial charge in [-0.1, -0.05) is 48.5 Å². The highest BCUT2D eigenvalue weighted by atomic mass is 16.2. The van der Waals surface area contributed by atoms with Crippen LogP contribution in [-0.2, 0) is 17.6 Å². The zero-order valence-corrected chi connectivity index (χ0v) is 18.0. The average Bonchev–Trinajstić information content (AvgIpc) is 3.41. The Bertz CT molecular complexity index is 1310. The van der Waals surface area contributed by atoms with Gasteiger partial charge >= 0.3 is 0 Å². The molecule has 0 fully saturated rings. The number of hydrogen-bond donors (Lipinski definition) is 2. The number of benzene rings is 3. The van der Waals surface area contributed by atoms with Crippen LogP contribution in [0.1, 0.15) is 31.8 Å². The number of nitrogens with one attached hydrogen (secondary N) is 2. The second kappa shape index (κ2) is 8.74. The third-order valence-electron chi connectivity index (χ3n) is 6.04. The Morgan fingerprint density at radius 1 is 0.848 bits per heavy atom. The van der Waals surface area contributed by atoms with Crippen molar-refractivity contribution in [1.82, 2.24) is 15.2 Å². The second-order valence-corrected chi connectivity index (χ2v) is 8.17. The van der Waals surface area contributed by atoms with Crippen LogP contribution in [0.15, 0.2) is 85.1 Å². The molecule has 33 heavy (non-hydrogen) atoms. The van der Waals surface area contributed by atoms with Gasteiger partial charge in [0, 0.05) is 24.7 Å². The smallest absolute Gasteiger partial charge is 0.262 e. The Labute approximate surface area is 191 Å². The van der Waals surface area contributed by atoms with Crippen molar-refractivity contribution in [2.45, 2.75) is 18.9 Å². The lowest BCUT2D eigenvalue weighted by molar-refractivity contribution is -0.125. The average molecular weight is 437 g/mol. The quantitative estimate of drug-likeness (QED) is 0.432. The summed E-state index contributed by atoms with van der Waals surface area (Å²) in [7, 11) is 0. The van der Waals surface area contributed by atoms with Crippen LogP contribution < -0.4 is 5.32 Å². The topological polar surface area (TPSA) is 82.3 Å². The number of carbonyl (C=O) groups excluding carboxylic acids is 3. The number of imide groups is 1. The first-order valence-corrected chi connectivity index (χ1v) is 11.0. The van der Waals surface area contributed by atoms with Crippen molar-refractivity contribution in [1.29, 1.82) is 0 Å². The van der Waals surface area contributed by atoms with Crippen LogP contribution in [0.3, 0.4) is 0 Å². The molecule has 1 aliphatic rings. The Balaban J connectivity index is 1.34. The Morgan fingerprint density at radius 2 is 1.55 bits per heavy atom. The van der Waals surface area contributed by atoms with Crippen molar-refractivity contribution in [3.05, 3.63) is 107 Å². The van der Waals surface area contributed by atoms with Crippen LogP contribution in [-0.4, -0.2) is 40.2 Å². The van der Waals surface area contributed by atoms with Gasteiger partial charge in [-0.15, -0.1) is 0 Å². The van der Waals surface area contributed by atoms with E-state index >= 15 is 0 Å². The molecular weight excluding hydrogens is 414 g/mol. The molecule has 0 saturated heterocycles. The van der Waals surface area contributed by atoms with Crippen LogP contribution in [0.4, 0.5) is 0 Å². The van der Waals surface area contributed by atoms with Crippen molar-refractivity contribution in [2.24, 2.45) is 0 Å². The van der Waals surface area contributed by atoms with Gasteiger partial charge in [-0.3, -0.25) is 19.3 Å². The summed E-state index contributed by atoms with van der Waals surface area (Å²) in [6.45, 7) is 0.406. The van der Waals surface area contributed by atoms with Gasteiger partial charge < -0.3 is 10.3 Å². The summed E-state index contributed by atoms with van der Waals surface area (Å²) in [5, 5.41) is 4.06. The lowest BCUT2D eigenvalue weighted by Crippen LogP contribution is -2.51. The Morgan fingerprint density at radius 3 is 2.27 bits per heavy atom. The van der Waals surface area contributed by atoms with E-state index in [4.69, 9.17) is 0 Å². The Hall–Kier alpha value is -4.19. The van der Waals surface area contributed by atoms with E-state index in [0.29, 0.717) is 24.1 Å². The number of hydrogen-bond acceptors (Lipinski definition) is 3. The maximum Gasteiger partial charge on any atom is 0.262 e. The SMILES string of the molecule is O=C(NCCc1ccc2[nH]ccc2c1)C(Cc1ccccc1)N1C(=O)c2ccccc2C1=O. The minimum Gasteiger partial charge on any atom is -0.361 e. The minimum atomic E-state index is -0.924. The zero-order chi connectivity index (χ0) is 22.8. The van der Waals surface area contributed by atoms with Gasteiger partial charge in [-0.25, -0.2) is 0 Å². The van der Waals surface area contributed by atoms with Gasteiger partial charge in [-0.05, 0) is 53.3 Å². The van der Waals surface area contributed by atoms with Gasteiger partial charge in [0.25, 0.3) is 11.8 Å². The number of rotatable bonds is 7. The predicted molar refractivity (Wildman–Crippen MR) is 126 cm³/mol. The second-order valence-electron chi connectivity index (χ2n) is 8.17. The number of aromatic amines is 1. The summed E-state index contributed by atoms with van der Waals surface area (Å²) in [5.74, 6) is -1.19. The molecule has 1 aromatic heterocycles. The van der Waals surface area contributed by atoms with Gasteiger partial charge in [0.1, 0.15) is 6.04 Å². The summed E-state index contributed by atoms with van der Waals surface area (Å²) in [5.41, 5.74) is 3.73. The van der Waals surface area contributed by atoms with Crippen LogP contribution in [0.25, 0.3) is 10.9 Å². The van der Waals surface area contributed by atoms with Crippen molar-refractivity contribution < 1.29 is 14.4 Å². The number of amides is 3. The van der Waals surface area contributed by atoms with E-state index < -0.39 is 17.9 Å². The van der Waals surface area contributed by atoms with Crippen molar-refractivity contribution >= 4 is 28.6 Å². The van der Waals surface area contributed by atoms with E-state index in [1.165, 1.54) is 0 Å². The molecule has 0 aliphatic carbocycles. The molecule has 3 aromatic carbocycles. The standard InChI is InChI=1S/C27H23N3O3/c31-25(29-14-12-19-10-11-23-20(16-19)13-15-28-23)24(17-18-6-2-1-3-7-18)30-26(32)21-8-4-5-9-22(21)27(30)33/h1-11,13,15-16,24,28H,12,14,17H2,(H,29,31). The van der Waals surface area contributed by atoms with Gasteiger partial charge in [0.15, 0.2) is 0 Å². The number of carbonyl (C=O) groups is 3. The van der Waals surface area contributed by atoms with E-state index in [9.17, 15) is 14.4 Å². The third kappa shape index (κ3) is 4.03. The lowest BCUT2D eigenvalue weighted by atomic mass is 10.0. The van der Waals surface area contributed by atoms with Gasteiger partial charge in [0.05, 0.1) is 11.1 Å². The van der Waals surface area contributed by atoms with E-state index in [2.05, 4.69) is 16.4 Å². The molecule has 0 spiro atoms. The highest BCUT2D eigenvalue weighted by Gasteiger charge is 2.42. The molecule has 4 aromatic rings. The maximum atomic E-state index is 13.3. The predicted octanol–water partition coefficient (Wildman–Crippen LogP) is 3.73. The summed E-state index contributed by atoms with van der Waals surface area (Å²) < 4.78 is 0. The zero-order valence-electron chi connectivity index (χ0n) is 18.0. The largest absolute Gasteiger partial charge is 0.361 e. The fraction of sp³-hybridized carbons (Fsp3) is 0.148. The maximum absolute atomic E-state index is 13.3. The molecule has 0 radical (unpaired) electrons. The molecule has 5 rings (SSSR count). The minimum absolute atomic E-state index is 0.257. The number of H-pyrrole nitrogens is 1. The summed E-state index contributed by atoms with van der Waals surface area (Å²) in [6, 6.07) is 23.4. The van der Waals surface area contributed by atoms with E-state index in [1.807, 2.05) is 54.7 Å². The number of aromatic nitrogens is 1. The molecule has 1 unspecified atom stereocenters. The van der Waals surface area contributed by atoms with Gasteiger partial charge in [0.2, 0.25) is 5.91 Å².